The van der Waals surface area contributed by atoms with E-state index >= 15 is 0 Å². The molecule has 0 unspecified atom stereocenters. The molecule has 0 radical (unpaired) electrons. The van der Waals surface area contributed by atoms with Crippen molar-refractivity contribution in [3.05, 3.63) is 29.8 Å². The summed E-state index contributed by atoms with van der Waals surface area (Å²) in [6.45, 7) is 4.28. The largest absolute Gasteiger partial charge is 0.464 e. The summed E-state index contributed by atoms with van der Waals surface area (Å²) in [4.78, 5) is 11.9. The second kappa shape index (κ2) is 8.03. The summed E-state index contributed by atoms with van der Waals surface area (Å²) < 4.78 is 5.10. The maximum absolute atomic E-state index is 11.9. The lowest BCUT2D eigenvalue weighted by Gasteiger charge is -2.19. The summed E-state index contributed by atoms with van der Waals surface area (Å²) in [6, 6.07) is 7.70. The van der Waals surface area contributed by atoms with Crippen LogP contribution in [0.25, 0.3) is 0 Å². The maximum Gasteiger partial charge on any atom is 0.328 e. The number of rotatable bonds is 7. The van der Waals surface area contributed by atoms with E-state index < -0.39 is 0 Å². The summed E-state index contributed by atoms with van der Waals surface area (Å²) in [6.07, 6.45) is 2.81. The first-order chi connectivity index (χ1) is 8.69. The Kier molecular flexibility index (Phi) is 6.65. The molecular weight excluding hydrogens is 246 g/mol. The molecule has 4 heteroatoms. The number of anilines is 1. The van der Waals surface area contributed by atoms with Gasteiger partial charge in [0.25, 0.3) is 0 Å². The van der Waals surface area contributed by atoms with E-state index in [9.17, 15) is 4.79 Å². The lowest BCUT2D eigenvalue weighted by molar-refractivity contribution is -0.144. The second-order valence-electron chi connectivity index (χ2n) is 4.05. The predicted molar refractivity (Wildman–Crippen MR) is 78.2 cm³/mol. The van der Waals surface area contributed by atoms with E-state index in [0.29, 0.717) is 6.61 Å². The van der Waals surface area contributed by atoms with Crippen LogP contribution in [0.1, 0.15) is 18.9 Å². The normalized spacial score (nSPS) is 11.9. The minimum absolute atomic E-state index is 0.171. The Morgan fingerprint density at radius 3 is 2.78 bits per heavy atom. The Balaban J connectivity index is 2.71. The van der Waals surface area contributed by atoms with Gasteiger partial charge in [-0.25, -0.2) is 4.79 Å². The smallest absolute Gasteiger partial charge is 0.328 e. The SMILES string of the molecule is CCOC(=O)[C@H](CCSC)Nc1ccccc1C. The highest BCUT2D eigenvalue weighted by atomic mass is 32.2. The number of carbonyl (C=O) groups excluding carboxylic acids is 1. The molecule has 0 aliphatic heterocycles. The quantitative estimate of drug-likeness (QED) is 0.770. The first kappa shape index (κ1) is 14.9. The van der Waals surface area contributed by atoms with Crippen LogP contribution >= 0.6 is 11.8 Å². The van der Waals surface area contributed by atoms with Gasteiger partial charge in [0.15, 0.2) is 0 Å². The number of thioether (sulfide) groups is 1. The van der Waals surface area contributed by atoms with Crippen LogP contribution in [0, 0.1) is 6.92 Å². The second-order valence-corrected chi connectivity index (χ2v) is 5.03. The molecule has 0 aromatic heterocycles. The van der Waals surface area contributed by atoms with Crippen LogP contribution < -0.4 is 5.32 Å². The Morgan fingerprint density at radius 2 is 2.17 bits per heavy atom. The van der Waals surface area contributed by atoms with Gasteiger partial charge >= 0.3 is 5.97 Å². The molecule has 0 bridgehead atoms. The van der Waals surface area contributed by atoms with Crippen LogP contribution in [-0.2, 0) is 9.53 Å². The van der Waals surface area contributed by atoms with E-state index in [2.05, 4.69) is 5.32 Å². The molecule has 0 heterocycles. The summed E-state index contributed by atoms with van der Waals surface area (Å²) >= 11 is 1.73. The average molecular weight is 267 g/mol. The predicted octanol–water partition coefficient (Wildman–Crippen LogP) is 3.09. The number of hydrogen-bond acceptors (Lipinski definition) is 4. The van der Waals surface area contributed by atoms with Gasteiger partial charge in [0.2, 0.25) is 0 Å². The molecule has 0 fully saturated rings. The van der Waals surface area contributed by atoms with Crippen LogP contribution in [0.5, 0.6) is 0 Å². The van der Waals surface area contributed by atoms with Crippen LogP contribution in [0.15, 0.2) is 24.3 Å². The van der Waals surface area contributed by atoms with Crippen LogP contribution in [-0.4, -0.2) is 30.6 Å². The summed E-state index contributed by atoms with van der Waals surface area (Å²) in [5.41, 5.74) is 2.13. The highest BCUT2D eigenvalue weighted by Crippen LogP contribution is 2.16. The molecule has 3 nitrogen and oxygen atoms in total. The monoisotopic (exact) mass is 267 g/mol. The Labute approximate surface area is 113 Å². The third-order valence-electron chi connectivity index (χ3n) is 2.66. The fourth-order valence-electron chi connectivity index (χ4n) is 1.65. The molecule has 0 aliphatic carbocycles. The topological polar surface area (TPSA) is 38.3 Å². The van der Waals surface area contributed by atoms with Crippen molar-refractivity contribution >= 4 is 23.4 Å². The fraction of sp³-hybridized carbons (Fsp3) is 0.500. The molecule has 100 valence electrons. The lowest BCUT2D eigenvalue weighted by Crippen LogP contribution is -2.32. The number of benzene rings is 1. The first-order valence-electron chi connectivity index (χ1n) is 6.16. The number of aryl methyl sites for hydroxylation is 1. The minimum Gasteiger partial charge on any atom is -0.464 e. The molecule has 0 aliphatic rings. The zero-order chi connectivity index (χ0) is 13.4. The van der Waals surface area contributed by atoms with E-state index in [1.807, 2.05) is 44.4 Å². The van der Waals surface area contributed by atoms with E-state index in [-0.39, 0.29) is 12.0 Å². The van der Waals surface area contributed by atoms with Crippen LogP contribution in [0.4, 0.5) is 5.69 Å². The third kappa shape index (κ3) is 4.61. The fourth-order valence-corrected chi connectivity index (χ4v) is 2.12. The molecule has 1 atom stereocenters. The Bertz CT molecular complexity index is 382. The first-order valence-corrected chi connectivity index (χ1v) is 7.56. The zero-order valence-electron chi connectivity index (χ0n) is 11.2. The van der Waals surface area contributed by atoms with E-state index in [1.165, 1.54) is 0 Å². The number of para-hydroxylation sites is 1. The van der Waals surface area contributed by atoms with Gasteiger partial charge in [-0.3, -0.25) is 0 Å². The molecule has 1 rings (SSSR count). The molecule has 18 heavy (non-hydrogen) atoms. The number of carbonyl (C=O) groups is 1. The van der Waals surface area contributed by atoms with Crippen molar-refractivity contribution in [2.45, 2.75) is 26.3 Å². The molecule has 0 saturated heterocycles. The summed E-state index contributed by atoms with van der Waals surface area (Å²) in [5.74, 6) is 0.761. The number of nitrogens with one attached hydrogen (secondary N) is 1. The Morgan fingerprint density at radius 1 is 1.44 bits per heavy atom. The average Bonchev–Trinajstić information content (AvgIpc) is 2.36. The highest BCUT2D eigenvalue weighted by Gasteiger charge is 2.19. The molecular formula is C14H21NO2S. The van der Waals surface area contributed by atoms with Crippen molar-refractivity contribution in [2.24, 2.45) is 0 Å². The van der Waals surface area contributed by atoms with Crippen molar-refractivity contribution < 1.29 is 9.53 Å². The van der Waals surface area contributed by atoms with E-state index in [0.717, 1.165) is 23.4 Å². The maximum atomic E-state index is 11.9. The lowest BCUT2D eigenvalue weighted by atomic mass is 10.1. The van der Waals surface area contributed by atoms with Gasteiger partial charge in [-0.2, -0.15) is 11.8 Å². The van der Waals surface area contributed by atoms with Crippen molar-refractivity contribution in [3.63, 3.8) is 0 Å². The van der Waals surface area contributed by atoms with Gasteiger partial charge in [0.05, 0.1) is 6.61 Å². The highest BCUT2D eigenvalue weighted by molar-refractivity contribution is 7.98. The molecule has 1 aromatic carbocycles. The van der Waals surface area contributed by atoms with Crippen molar-refractivity contribution in [2.75, 3.05) is 23.9 Å². The van der Waals surface area contributed by atoms with Crippen LogP contribution in [0.2, 0.25) is 0 Å². The standard InChI is InChI=1S/C14H21NO2S/c1-4-17-14(16)13(9-10-18-3)15-12-8-6-5-7-11(12)2/h5-8,13,15H,4,9-10H2,1-3H3/t13-/m0/s1. The van der Waals surface area contributed by atoms with Gasteiger partial charge in [-0.05, 0) is 43.9 Å². The van der Waals surface area contributed by atoms with Gasteiger partial charge in [-0.15, -0.1) is 0 Å². The van der Waals surface area contributed by atoms with Gasteiger partial charge in [0, 0.05) is 5.69 Å². The van der Waals surface area contributed by atoms with E-state index in [1.54, 1.807) is 11.8 Å². The van der Waals surface area contributed by atoms with Gasteiger partial charge in [0.1, 0.15) is 6.04 Å². The van der Waals surface area contributed by atoms with Gasteiger partial charge < -0.3 is 10.1 Å². The number of ether oxygens (including phenoxy) is 1. The van der Waals surface area contributed by atoms with Crippen molar-refractivity contribution in [3.8, 4) is 0 Å². The molecule has 0 spiro atoms. The molecule has 0 amide bonds. The zero-order valence-corrected chi connectivity index (χ0v) is 12.0. The number of esters is 1. The third-order valence-corrected chi connectivity index (χ3v) is 3.30. The van der Waals surface area contributed by atoms with Crippen molar-refractivity contribution in [1.82, 2.24) is 0 Å². The Hall–Kier alpha value is -1.16. The van der Waals surface area contributed by atoms with Crippen molar-refractivity contribution in [1.29, 1.82) is 0 Å². The summed E-state index contributed by atoms with van der Waals surface area (Å²) in [5, 5.41) is 3.28. The van der Waals surface area contributed by atoms with E-state index in [4.69, 9.17) is 4.74 Å². The van der Waals surface area contributed by atoms with Crippen LogP contribution in [0.3, 0.4) is 0 Å². The summed E-state index contributed by atoms with van der Waals surface area (Å²) in [7, 11) is 0. The molecule has 1 N–H and O–H groups in total. The minimum atomic E-state index is -0.265. The molecule has 0 saturated carbocycles. The molecule has 1 aromatic rings. The number of hydrogen-bond donors (Lipinski definition) is 1. The van der Waals surface area contributed by atoms with Gasteiger partial charge in [-0.1, -0.05) is 18.2 Å².